The van der Waals surface area contributed by atoms with E-state index in [0.717, 1.165) is 42.7 Å². The van der Waals surface area contributed by atoms with E-state index in [1.165, 1.54) is 11.1 Å². The van der Waals surface area contributed by atoms with Crippen molar-refractivity contribution in [3.05, 3.63) is 81.8 Å². The molecule has 0 N–H and O–H groups in total. The second-order valence-corrected chi connectivity index (χ2v) is 7.78. The Morgan fingerprint density at radius 2 is 1.96 bits per heavy atom. The van der Waals surface area contributed by atoms with Gasteiger partial charge in [-0.2, -0.15) is 0 Å². The van der Waals surface area contributed by atoms with Gasteiger partial charge in [0.2, 0.25) is 0 Å². The van der Waals surface area contributed by atoms with Crippen LogP contribution >= 0.6 is 11.3 Å². The summed E-state index contributed by atoms with van der Waals surface area (Å²) in [7, 11) is 0. The number of benzene rings is 2. The maximum absolute atomic E-state index is 5.95. The van der Waals surface area contributed by atoms with Crippen molar-refractivity contribution in [1.82, 2.24) is 9.88 Å². The van der Waals surface area contributed by atoms with Crippen LogP contribution in [0.5, 0.6) is 5.75 Å². The predicted molar refractivity (Wildman–Crippen MR) is 108 cm³/mol. The van der Waals surface area contributed by atoms with E-state index >= 15 is 0 Å². The fourth-order valence-electron chi connectivity index (χ4n) is 3.21. The van der Waals surface area contributed by atoms with E-state index in [1.807, 2.05) is 18.2 Å². The minimum Gasteiger partial charge on any atom is -0.486 e. The zero-order chi connectivity index (χ0) is 18.5. The summed E-state index contributed by atoms with van der Waals surface area (Å²) in [5.41, 5.74) is 3.59. The number of rotatable bonds is 6. The van der Waals surface area contributed by atoms with Crippen molar-refractivity contribution in [2.75, 3.05) is 19.7 Å². The summed E-state index contributed by atoms with van der Waals surface area (Å²) in [6, 6.07) is 18.6. The molecule has 27 heavy (non-hydrogen) atoms. The smallest absolute Gasteiger partial charge is 0.140 e. The third-order valence-corrected chi connectivity index (χ3v) is 5.56. The molecule has 4 nitrogen and oxygen atoms in total. The van der Waals surface area contributed by atoms with E-state index in [9.17, 15) is 0 Å². The number of hydrogen-bond acceptors (Lipinski definition) is 5. The van der Waals surface area contributed by atoms with Crippen molar-refractivity contribution in [2.45, 2.75) is 26.2 Å². The van der Waals surface area contributed by atoms with Crippen LogP contribution in [-0.4, -0.2) is 29.6 Å². The number of nitrogens with zero attached hydrogens (tertiary/aromatic N) is 2. The Morgan fingerprint density at radius 3 is 2.78 bits per heavy atom. The maximum atomic E-state index is 5.95. The fraction of sp³-hybridized carbons (Fsp3) is 0.318. The molecule has 0 radical (unpaired) electrons. The minimum absolute atomic E-state index is 0.142. The lowest BCUT2D eigenvalue weighted by Crippen LogP contribution is -2.37. The zero-order valence-electron chi connectivity index (χ0n) is 15.5. The first kappa shape index (κ1) is 18.2. The van der Waals surface area contributed by atoms with Crippen LogP contribution in [0.2, 0.25) is 0 Å². The maximum Gasteiger partial charge on any atom is 0.140 e. The highest BCUT2D eigenvalue weighted by Crippen LogP contribution is 2.23. The van der Waals surface area contributed by atoms with Gasteiger partial charge in [0.15, 0.2) is 0 Å². The Morgan fingerprint density at radius 1 is 1.15 bits per heavy atom. The number of aromatic nitrogens is 1. The summed E-state index contributed by atoms with van der Waals surface area (Å²) < 4.78 is 11.8. The first-order valence-electron chi connectivity index (χ1n) is 9.28. The third kappa shape index (κ3) is 4.95. The summed E-state index contributed by atoms with van der Waals surface area (Å²) in [5, 5.41) is 3.15. The first-order chi connectivity index (χ1) is 13.3. The van der Waals surface area contributed by atoms with Crippen LogP contribution < -0.4 is 4.74 Å². The molecule has 1 fully saturated rings. The summed E-state index contributed by atoms with van der Waals surface area (Å²) >= 11 is 1.66. The molecule has 5 heteroatoms. The lowest BCUT2D eigenvalue weighted by atomic mass is 10.1. The number of ether oxygens (including phenoxy) is 2. The molecule has 1 aliphatic heterocycles. The second kappa shape index (κ2) is 8.65. The summed E-state index contributed by atoms with van der Waals surface area (Å²) in [6.07, 6.45) is 0.142. The Hall–Kier alpha value is -2.21. The Balaban J connectivity index is 1.31. The van der Waals surface area contributed by atoms with E-state index in [1.54, 1.807) is 11.3 Å². The lowest BCUT2D eigenvalue weighted by Gasteiger charge is -2.32. The van der Waals surface area contributed by atoms with Crippen molar-refractivity contribution in [1.29, 1.82) is 0 Å². The molecule has 0 aliphatic carbocycles. The lowest BCUT2D eigenvalue weighted by molar-refractivity contribution is -0.0332. The molecule has 2 aromatic carbocycles. The van der Waals surface area contributed by atoms with Crippen LogP contribution in [-0.2, 0) is 17.9 Å². The standard InChI is InChI=1S/C22H24N2O2S/c1-17-7-9-20(10-8-17)26-15-22-23-19(16-27-22)13-24-11-12-25-21(14-24)18-5-3-2-4-6-18/h2-10,16,21H,11-15H2,1H3. The van der Waals surface area contributed by atoms with Gasteiger partial charge in [-0.15, -0.1) is 11.3 Å². The van der Waals surface area contributed by atoms with Crippen LogP contribution in [0.3, 0.4) is 0 Å². The van der Waals surface area contributed by atoms with Gasteiger partial charge in [0.1, 0.15) is 17.4 Å². The van der Waals surface area contributed by atoms with E-state index in [4.69, 9.17) is 14.5 Å². The van der Waals surface area contributed by atoms with Crippen LogP contribution in [0.25, 0.3) is 0 Å². The van der Waals surface area contributed by atoms with E-state index in [2.05, 4.69) is 53.6 Å². The number of thiazole rings is 1. The van der Waals surface area contributed by atoms with Gasteiger partial charge < -0.3 is 9.47 Å². The molecule has 140 valence electrons. The van der Waals surface area contributed by atoms with Gasteiger partial charge in [-0.1, -0.05) is 48.0 Å². The van der Waals surface area contributed by atoms with E-state index in [0.29, 0.717) is 6.61 Å². The molecule has 1 saturated heterocycles. The van der Waals surface area contributed by atoms with Crippen molar-refractivity contribution in [3.8, 4) is 5.75 Å². The van der Waals surface area contributed by atoms with Crippen molar-refractivity contribution in [3.63, 3.8) is 0 Å². The van der Waals surface area contributed by atoms with Gasteiger partial charge in [0.05, 0.1) is 18.4 Å². The topological polar surface area (TPSA) is 34.6 Å². The summed E-state index contributed by atoms with van der Waals surface area (Å²) in [5.74, 6) is 0.885. The van der Waals surface area contributed by atoms with Crippen LogP contribution in [0.4, 0.5) is 0 Å². The molecule has 1 unspecified atom stereocenters. The molecule has 0 saturated carbocycles. The highest BCUT2D eigenvalue weighted by atomic mass is 32.1. The molecule has 0 spiro atoms. The Kier molecular flexibility index (Phi) is 5.82. The Bertz CT molecular complexity index is 848. The van der Waals surface area contributed by atoms with Gasteiger partial charge in [-0.3, -0.25) is 4.90 Å². The van der Waals surface area contributed by atoms with E-state index in [-0.39, 0.29) is 6.10 Å². The first-order valence-corrected chi connectivity index (χ1v) is 10.2. The number of hydrogen-bond donors (Lipinski definition) is 0. The van der Waals surface area contributed by atoms with Gasteiger partial charge in [0, 0.05) is 25.0 Å². The molecule has 3 aromatic rings. The normalized spacial score (nSPS) is 17.7. The molecule has 2 heterocycles. The number of aryl methyl sites for hydroxylation is 1. The predicted octanol–water partition coefficient (Wildman–Crippen LogP) is 4.60. The minimum atomic E-state index is 0.142. The fourth-order valence-corrected chi connectivity index (χ4v) is 3.91. The average molecular weight is 381 g/mol. The highest BCUT2D eigenvalue weighted by Gasteiger charge is 2.22. The van der Waals surface area contributed by atoms with Gasteiger partial charge in [-0.25, -0.2) is 4.98 Å². The quantitative estimate of drug-likeness (QED) is 0.626. The average Bonchev–Trinajstić information content (AvgIpc) is 3.16. The van der Waals surface area contributed by atoms with Crippen LogP contribution in [0.15, 0.2) is 60.0 Å². The molecular formula is C22H24N2O2S. The van der Waals surface area contributed by atoms with Gasteiger partial charge in [-0.05, 0) is 24.6 Å². The largest absolute Gasteiger partial charge is 0.486 e. The van der Waals surface area contributed by atoms with Crippen molar-refractivity contribution >= 4 is 11.3 Å². The zero-order valence-corrected chi connectivity index (χ0v) is 16.3. The SMILES string of the molecule is Cc1ccc(OCc2nc(CN3CCOC(c4ccccc4)C3)cs2)cc1. The van der Waals surface area contributed by atoms with Gasteiger partial charge in [0.25, 0.3) is 0 Å². The molecule has 0 bridgehead atoms. The molecule has 0 amide bonds. The highest BCUT2D eigenvalue weighted by molar-refractivity contribution is 7.09. The Labute approximate surface area is 164 Å². The summed E-state index contributed by atoms with van der Waals surface area (Å²) in [4.78, 5) is 7.16. The van der Waals surface area contributed by atoms with Crippen molar-refractivity contribution < 1.29 is 9.47 Å². The monoisotopic (exact) mass is 380 g/mol. The van der Waals surface area contributed by atoms with Crippen LogP contribution in [0, 0.1) is 6.92 Å². The molecule has 1 aromatic heterocycles. The van der Waals surface area contributed by atoms with E-state index < -0.39 is 0 Å². The molecule has 1 atom stereocenters. The second-order valence-electron chi connectivity index (χ2n) is 6.84. The van der Waals surface area contributed by atoms with Crippen molar-refractivity contribution in [2.24, 2.45) is 0 Å². The summed E-state index contributed by atoms with van der Waals surface area (Å²) in [6.45, 7) is 6.04. The number of morpholine rings is 1. The molecule has 1 aliphatic rings. The van der Waals surface area contributed by atoms with Gasteiger partial charge >= 0.3 is 0 Å². The van der Waals surface area contributed by atoms with Crippen LogP contribution in [0.1, 0.15) is 27.9 Å². The molecule has 4 rings (SSSR count). The third-order valence-electron chi connectivity index (χ3n) is 4.69. The molecular weight excluding hydrogens is 356 g/mol.